The van der Waals surface area contributed by atoms with Crippen LogP contribution >= 0.6 is 0 Å². The first kappa shape index (κ1) is 21.9. The summed E-state index contributed by atoms with van der Waals surface area (Å²) >= 11 is 0. The van der Waals surface area contributed by atoms with Gasteiger partial charge in [0.15, 0.2) is 0 Å². The van der Waals surface area contributed by atoms with E-state index < -0.39 is 10.0 Å². The summed E-state index contributed by atoms with van der Waals surface area (Å²) in [5.74, 6) is 0.401. The molecule has 166 valence electrons. The van der Waals surface area contributed by atoms with Gasteiger partial charge in [0.05, 0.1) is 4.90 Å². The van der Waals surface area contributed by atoms with Gasteiger partial charge in [-0.15, -0.1) is 4.41 Å². The summed E-state index contributed by atoms with van der Waals surface area (Å²) in [5, 5.41) is 12.8. The Kier molecular flexibility index (Phi) is 6.79. The average molecular weight is 452 g/mol. The monoisotopic (exact) mass is 451 g/mol. The van der Waals surface area contributed by atoms with Crippen LogP contribution in [0.5, 0.6) is 5.75 Å². The molecule has 9 heteroatoms. The third-order valence-corrected chi connectivity index (χ3v) is 6.94. The minimum absolute atomic E-state index is 0.195. The second-order valence-electron chi connectivity index (χ2n) is 7.48. The maximum atomic E-state index is 13.3. The van der Waals surface area contributed by atoms with Gasteiger partial charge in [-0.1, -0.05) is 42.5 Å². The van der Waals surface area contributed by atoms with E-state index in [-0.39, 0.29) is 22.6 Å². The van der Waals surface area contributed by atoms with Crippen molar-refractivity contribution in [1.82, 2.24) is 19.7 Å². The zero-order valence-electron chi connectivity index (χ0n) is 17.4. The fourth-order valence-electron chi connectivity index (χ4n) is 3.50. The molecule has 1 aliphatic heterocycles. The summed E-state index contributed by atoms with van der Waals surface area (Å²) < 4.78 is 28.0. The fourth-order valence-corrected chi connectivity index (χ4v) is 5.03. The van der Waals surface area contributed by atoms with Crippen LogP contribution in [0.4, 0.5) is 5.95 Å². The number of rotatable bonds is 7. The van der Waals surface area contributed by atoms with Crippen LogP contribution in [-0.4, -0.2) is 47.0 Å². The van der Waals surface area contributed by atoms with Crippen molar-refractivity contribution in [1.29, 1.82) is 0 Å². The lowest BCUT2D eigenvalue weighted by atomic mass is 10.1. The highest BCUT2D eigenvalue weighted by atomic mass is 32.2. The van der Waals surface area contributed by atoms with Crippen LogP contribution in [0, 0.1) is 0 Å². The molecule has 1 aliphatic rings. The SMILES string of the molecule is O=S(=O)(c1ccccc1)N(Nc1ncc(/C=C/c2cccc(O)c2)cn1)C1CCNCC1. The Balaban J connectivity index is 1.54. The van der Waals surface area contributed by atoms with Gasteiger partial charge in [-0.3, -0.25) is 5.43 Å². The molecule has 1 saturated heterocycles. The average Bonchev–Trinajstić information content (AvgIpc) is 2.83. The number of benzene rings is 2. The molecule has 0 saturated carbocycles. The Morgan fingerprint density at radius 1 is 0.969 bits per heavy atom. The molecule has 8 nitrogen and oxygen atoms in total. The Morgan fingerprint density at radius 2 is 1.66 bits per heavy atom. The third-order valence-electron chi connectivity index (χ3n) is 5.16. The predicted octanol–water partition coefficient (Wildman–Crippen LogP) is 3.12. The molecule has 0 radical (unpaired) electrons. The van der Waals surface area contributed by atoms with Crippen molar-refractivity contribution >= 4 is 28.1 Å². The van der Waals surface area contributed by atoms with Gasteiger partial charge >= 0.3 is 0 Å². The summed E-state index contributed by atoms with van der Waals surface area (Å²) in [6.45, 7) is 1.49. The van der Waals surface area contributed by atoms with Gasteiger partial charge in [-0.2, -0.15) is 0 Å². The number of nitrogens with one attached hydrogen (secondary N) is 2. The fraction of sp³-hybridized carbons (Fsp3) is 0.217. The highest BCUT2D eigenvalue weighted by Crippen LogP contribution is 2.23. The topological polar surface area (TPSA) is 107 Å². The number of sulfonamides is 1. The number of phenols is 1. The number of aromatic nitrogens is 2. The first-order valence-corrected chi connectivity index (χ1v) is 11.8. The van der Waals surface area contributed by atoms with E-state index in [1.807, 2.05) is 18.2 Å². The Labute approximate surface area is 187 Å². The van der Waals surface area contributed by atoms with E-state index in [1.165, 1.54) is 4.41 Å². The van der Waals surface area contributed by atoms with E-state index >= 15 is 0 Å². The van der Waals surface area contributed by atoms with Gasteiger partial charge in [0.2, 0.25) is 5.95 Å². The van der Waals surface area contributed by atoms with Gasteiger partial charge in [0, 0.05) is 24.0 Å². The zero-order chi connectivity index (χ0) is 22.4. The number of aromatic hydroxyl groups is 1. The number of anilines is 1. The molecule has 0 amide bonds. The van der Waals surface area contributed by atoms with Crippen molar-refractivity contribution in [2.75, 3.05) is 18.5 Å². The van der Waals surface area contributed by atoms with Gasteiger partial charge in [0.25, 0.3) is 10.0 Å². The molecule has 0 aliphatic carbocycles. The van der Waals surface area contributed by atoms with E-state index in [9.17, 15) is 13.5 Å². The lowest BCUT2D eigenvalue weighted by Crippen LogP contribution is -2.49. The first-order valence-electron chi connectivity index (χ1n) is 10.4. The molecule has 4 rings (SSSR count). The Bertz CT molecular complexity index is 1160. The molecule has 2 aromatic carbocycles. The van der Waals surface area contributed by atoms with Crippen molar-refractivity contribution in [3.05, 3.63) is 78.1 Å². The van der Waals surface area contributed by atoms with Crippen LogP contribution in [0.25, 0.3) is 12.2 Å². The van der Waals surface area contributed by atoms with E-state index in [0.29, 0.717) is 12.8 Å². The number of nitrogens with zero attached hydrogens (tertiary/aromatic N) is 3. The maximum Gasteiger partial charge on any atom is 0.260 e. The molecule has 0 atom stereocenters. The maximum absolute atomic E-state index is 13.3. The molecular weight excluding hydrogens is 426 g/mol. The number of phenolic OH excluding ortho intramolecular Hbond substituents is 1. The summed E-state index contributed by atoms with van der Waals surface area (Å²) in [6, 6.07) is 15.1. The molecule has 32 heavy (non-hydrogen) atoms. The molecule has 0 spiro atoms. The molecule has 1 fully saturated rings. The smallest absolute Gasteiger partial charge is 0.260 e. The minimum atomic E-state index is -3.78. The summed E-state index contributed by atoms with van der Waals surface area (Å²) in [5.41, 5.74) is 4.53. The van der Waals surface area contributed by atoms with Crippen LogP contribution < -0.4 is 10.7 Å². The standard InChI is InChI=1S/C23H25N5O3S/c29-21-6-4-5-18(15-21)9-10-19-16-25-23(26-17-19)27-28(20-11-13-24-14-12-20)32(30,31)22-7-2-1-3-8-22/h1-10,15-17,20,24,29H,11-14H2,(H,25,26,27)/b10-9+. The third kappa shape index (κ3) is 5.31. The second kappa shape index (κ2) is 9.90. The van der Waals surface area contributed by atoms with Crippen LogP contribution in [0.15, 0.2) is 71.9 Å². The zero-order valence-corrected chi connectivity index (χ0v) is 18.2. The predicted molar refractivity (Wildman–Crippen MR) is 124 cm³/mol. The quantitative estimate of drug-likeness (QED) is 0.474. The molecule has 3 N–H and O–H groups in total. The number of hydrogen-bond donors (Lipinski definition) is 3. The molecule has 1 aromatic heterocycles. The molecule has 0 unspecified atom stereocenters. The first-order chi connectivity index (χ1) is 15.5. The Morgan fingerprint density at radius 3 is 2.34 bits per heavy atom. The van der Waals surface area contributed by atoms with E-state index in [1.54, 1.807) is 60.9 Å². The number of hydrogen-bond acceptors (Lipinski definition) is 7. The van der Waals surface area contributed by atoms with Crippen molar-refractivity contribution in [3.63, 3.8) is 0 Å². The number of piperidine rings is 1. The lowest BCUT2D eigenvalue weighted by molar-refractivity contribution is 0.292. The van der Waals surface area contributed by atoms with Crippen LogP contribution in [0.3, 0.4) is 0 Å². The molecular formula is C23H25N5O3S. The largest absolute Gasteiger partial charge is 0.508 e. The normalized spacial score (nSPS) is 15.3. The lowest BCUT2D eigenvalue weighted by Gasteiger charge is -2.33. The van der Waals surface area contributed by atoms with Gasteiger partial charge < -0.3 is 10.4 Å². The second-order valence-corrected chi connectivity index (χ2v) is 9.29. The van der Waals surface area contributed by atoms with E-state index in [4.69, 9.17) is 0 Å². The minimum Gasteiger partial charge on any atom is -0.508 e. The molecule has 0 bridgehead atoms. The summed E-state index contributed by atoms with van der Waals surface area (Å²) in [6.07, 6.45) is 8.26. The van der Waals surface area contributed by atoms with Crippen molar-refractivity contribution in [2.45, 2.75) is 23.8 Å². The Hall–Kier alpha value is -3.27. The highest BCUT2D eigenvalue weighted by molar-refractivity contribution is 7.89. The van der Waals surface area contributed by atoms with Crippen LogP contribution in [0.2, 0.25) is 0 Å². The van der Waals surface area contributed by atoms with Gasteiger partial charge in [0.1, 0.15) is 5.75 Å². The molecule has 2 heterocycles. The van der Waals surface area contributed by atoms with Gasteiger partial charge in [-0.25, -0.2) is 18.4 Å². The summed E-state index contributed by atoms with van der Waals surface area (Å²) in [4.78, 5) is 8.83. The van der Waals surface area contributed by atoms with E-state index in [2.05, 4.69) is 20.7 Å². The van der Waals surface area contributed by atoms with E-state index in [0.717, 1.165) is 24.2 Å². The van der Waals surface area contributed by atoms with Gasteiger partial charge in [-0.05, 0) is 55.8 Å². The molecule has 3 aromatic rings. The van der Waals surface area contributed by atoms with Crippen molar-refractivity contribution in [2.24, 2.45) is 0 Å². The van der Waals surface area contributed by atoms with Crippen molar-refractivity contribution in [3.8, 4) is 5.75 Å². The van der Waals surface area contributed by atoms with Crippen LogP contribution in [-0.2, 0) is 10.0 Å². The van der Waals surface area contributed by atoms with Crippen molar-refractivity contribution < 1.29 is 13.5 Å². The van der Waals surface area contributed by atoms with Crippen LogP contribution in [0.1, 0.15) is 24.0 Å². The summed E-state index contributed by atoms with van der Waals surface area (Å²) in [7, 11) is -3.78. The number of hydrazine groups is 1. The highest BCUT2D eigenvalue weighted by Gasteiger charge is 2.33.